The number of hydrogen-bond acceptors (Lipinski definition) is 3. The molecule has 0 bridgehead atoms. The van der Waals surface area contributed by atoms with Gasteiger partial charge in [-0.2, -0.15) is 0 Å². The lowest BCUT2D eigenvalue weighted by Crippen LogP contribution is -2.48. The molecular formula is C16H24N2O3. The molecule has 0 saturated carbocycles. The summed E-state index contributed by atoms with van der Waals surface area (Å²) in [5.41, 5.74) is 7.03. The first-order chi connectivity index (χ1) is 9.91. The number of nitrogens with two attached hydrogens (primary N) is 1. The van der Waals surface area contributed by atoms with Gasteiger partial charge >= 0.3 is 5.97 Å². The fourth-order valence-corrected chi connectivity index (χ4v) is 2.19. The van der Waals surface area contributed by atoms with Crippen molar-refractivity contribution in [2.24, 2.45) is 5.73 Å². The standard InChI is InChI=1S/C16H24N2O3/c1-12(2)18(10-6-9-15(19)20)16(21)14(17)11-13-7-4-3-5-8-13/h3-5,7-8,12,14H,6,9-11,17H2,1-2H3,(H,19,20)/t14-/m1/s1. The maximum absolute atomic E-state index is 12.4. The molecule has 0 saturated heterocycles. The highest BCUT2D eigenvalue weighted by Gasteiger charge is 2.23. The largest absolute Gasteiger partial charge is 0.481 e. The van der Waals surface area contributed by atoms with Gasteiger partial charge in [-0.1, -0.05) is 30.3 Å². The van der Waals surface area contributed by atoms with Gasteiger partial charge in [0.05, 0.1) is 6.04 Å². The van der Waals surface area contributed by atoms with Crippen LogP contribution in [0.25, 0.3) is 0 Å². The van der Waals surface area contributed by atoms with Gasteiger partial charge in [0.15, 0.2) is 0 Å². The van der Waals surface area contributed by atoms with Crippen LogP contribution in [0.5, 0.6) is 0 Å². The fraction of sp³-hybridized carbons (Fsp3) is 0.500. The summed E-state index contributed by atoms with van der Waals surface area (Å²) < 4.78 is 0. The van der Waals surface area contributed by atoms with Gasteiger partial charge in [0.1, 0.15) is 0 Å². The number of nitrogens with zero attached hydrogens (tertiary/aromatic N) is 1. The number of aliphatic carboxylic acids is 1. The Morgan fingerprint density at radius 2 is 1.86 bits per heavy atom. The molecule has 0 radical (unpaired) electrons. The van der Waals surface area contributed by atoms with E-state index in [9.17, 15) is 9.59 Å². The van der Waals surface area contributed by atoms with Gasteiger partial charge < -0.3 is 15.7 Å². The van der Waals surface area contributed by atoms with Crippen LogP contribution in [-0.2, 0) is 16.0 Å². The van der Waals surface area contributed by atoms with Crippen LogP contribution >= 0.6 is 0 Å². The molecule has 0 aliphatic heterocycles. The monoisotopic (exact) mass is 292 g/mol. The van der Waals surface area contributed by atoms with E-state index in [4.69, 9.17) is 10.8 Å². The first kappa shape index (κ1) is 17.2. The second-order valence-corrected chi connectivity index (χ2v) is 5.42. The van der Waals surface area contributed by atoms with Crippen LogP contribution < -0.4 is 5.73 Å². The lowest BCUT2D eigenvalue weighted by atomic mass is 10.0. The first-order valence-corrected chi connectivity index (χ1v) is 7.23. The zero-order chi connectivity index (χ0) is 15.8. The highest BCUT2D eigenvalue weighted by molar-refractivity contribution is 5.82. The summed E-state index contributed by atoms with van der Waals surface area (Å²) in [7, 11) is 0. The minimum absolute atomic E-state index is 0.00752. The van der Waals surface area contributed by atoms with Crippen LogP contribution in [0.2, 0.25) is 0 Å². The van der Waals surface area contributed by atoms with E-state index in [-0.39, 0.29) is 18.4 Å². The Kier molecular flexibility index (Phi) is 6.88. The van der Waals surface area contributed by atoms with E-state index in [0.717, 1.165) is 5.56 Å². The summed E-state index contributed by atoms with van der Waals surface area (Å²) >= 11 is 0. The average molecular weight is 292 g/mol. The van der Waals surface area contributed by atoms with Crippen LogP contribution in [-0.4, -0.2) is 40.5 Å². The molecule has 0 heterocycles. The molecule has 0 spiro atoms. The van der Waals surface area contributed by atoms with E-state index in [1.807, 2.05) is 44.2 Å². The van der Waals surface area contributed by atoms with Crippen LogP contribution in [0.1, 0.15) is 32.3 Å². The molecule has 0 unspecified atom stereocenters. The number of carbonyl (C=O) groups excluding carboxylic acids is 1. The third-order valence-corrected chi connectivity index (χ3v) is 3.31. The molecule has 0 aliphatic carbocycles. The van der Waals surface area contributed by atoms with Crippen molar-refractivity contribution < 1.29 is 14.7 Å². The number of carbonyl (C=O) groups is 2. The number of amides is 1. The number of hydrogen-bond donors (Lipinski definition) is 2. The SMILES string of the molecule is CC(C)N(CCCC(=O)O)C(=O)[C@H](N)Cc1ccccc1. The summed E-state index contributed by atoms with van der Waals surface area (Å²) in [6.45, 7) is 4.24. The molecule has 21 heavy (non-hydrogen) atoms. The molecule has 5 nitrogen and oxygen atoms in total. The molecule has 0 fully saturated rings. The van der Waals surface area contributed by atoms with Gasteiger partial charge in [-0.3, -0.25) is 9.59 Å². The average Bonchev–Trinajstić information content (AvgIpc) is 2.43. The van der Waals surface area contributed by atoms with Gasteiger partial charge in [0.2, 0.25) is 5.91 Å². The highest BCUT2D eigenvalue weighted by Crippen LogP contribution is 2.08. The van der Waals surface area contributed by atoms with E-state index >= 15 is 0 Å². The number of carboxylic acids is 1. The molecule has 1 aromatic rings. The zero-order valence-corrected chi connectivity index (χ0v) is 12.7. The highest BCUT2D eigenvalue weighted by atomic mass is 16.4. The smallest absolute Gasteiger partial charge is 0.303 e. The summed E-state index contributed by atoms with van der Waals surface area (Å²) in [6.07, 6.45) is 0.990. The minimum Gasteiger partial charge on any atom is -0.481 e. The molecule has 1 atom stereocenters. The van der Waals surface area contributed by atoms with Crippen LogP contribution in [0.4, 0.5) is 0 Å². The fourth-order valence-electron chi connectivity index (χ4n) is 2.19. The Morgan fingerprint density at radius 1 is 1.24 bits per heavy atom. The Morgan fingerprint density at radius 3 is 2.38 bits per heavy atom. The van der Waals surface area contributed by atoms with E-state index in [1.165, 1.54) is 0 Å². The van der Waals surface area contributed by atoms with E-state index < -0.39 is 12.0 Å². The number of rotatable bonds is 8. The molecule has 116 valence electrons. The molecule has 0 aliphatic rings. The van der Waals surface area contributed by atoms with Crippen molar-refractivity contribution >= 4 is 11.9 Å². The maximum atomic E-state index is 12.4. The molecule has 3 N–H and O–H groups in total. The van der Waals surface area contributed by atoms with E-state index in [1.54, 1.807) is 4.90 Å². The molecule has 5 heteroatoms. The first-order valence-electron chi connectivity index (χ1n) is 7.23. The lowest BCUT2D eigenvalue weighted by Gasteiger charge is -2.29. The second-order valence-electron chi connectivity index (χ2n) is 5.42. The molecule has 0 aromatic heterocycles. The predicted octanol–water partition coefficient (Wildman–Crippen LogP) is 1.66. The van der Waals surface area contributed by atoms with Crippen LogP contribution in [0.3, 0.4) is 0 Å². The third kappa shape index (κ3) is 5.95. The van der Waals surface area contributed by atoms with Crippen LogP contribution in [0, 0.1) is 0 Å². The van der Waals surface area contributed by atoms with Crippen molar-refractivity contribution in [3.8, 4) is 0 Å². The van der Waals surface area contributed by atoms with E-state index in [2.05, 4.69) is 0 Å². The van der Waals surface area contributed by atoms with Gasteiger partial charge in [-0.15, -0.1) is 0 Å². The Hall–Kier alpha value is -1.88. The summed E-state index contributed by atoms with van der Waals surface area (Å²) in [6, 6.07) is 9.05. The van der Waals surface area contributed by atoms with Crippen molar-refractivity contribution in [3.05, 3.63) is 35.9 Å². The third-order valence-electron chi connectivity index (χ3n) is 3.31. The van der Waals surface area contributed by atoms with Gasteiger partial charge in [-0.25, -0.2) is 0 Å². The van der Waals surface area contributed by atoms with Crippen LogP contribution in [0.15, 0.2) is 30.3 Å². The normalized spacial score (nSPS) is 12.2. The topological polar surface area (TPSA) is 83.6 Å². The lowest BCUT2D eigenvalue weighted by molar-refractivity contribution is -0.139. The molecule has 1 amide bonds. The Balaban J connectivity index is 2.60. The van der Waals surface area contributed by atoms with Crippen molar-refractivity contribution in [1.82, 2.24) is 4.90 Å². The molecule has 1 aromatic carbocycles. The summed E-state index contributed by atoms with van der Waals surface area (Å²) in [5, 5.41) is 8.68. The van der Waals surface area contributed by atoms with Crippen molar-refractivity contribution in [2.45, 2.75) is 45.2 Å². The summed E-state index contributed by atoms with van der Waals surface area (Å²) in [5.74, 6) is -0.973. The van der Waals surface area contributed by atoms with Gasteiger partial charge in [-0.05, 0) is 32.3 Å². The number of carboxylic acid groups (broad SMARTS) is 1. The van der Waals surface area contributed by atoms with Crippen molar-refractivity contribution in [1.29, 1.82) is 0 Å². The number of benzene rings is 1. The Labute approximate surface area is 125 Å². The Bertz CT molecular complexity index is 460. The second kappa shape index (κ2) is 8.42. The molecule has 1 rings (SSSR count). The summed E-state index contributed by atoms with van der Waals surface area (Å²) in [4.78, 5) is 24.6. The van der Waals surface area contributed by atoms with Crippen molar-refractivity contribution in [2.75, 3.05) is 6.54 Å². The van der Waals surface area contributed by atoms with Gasteiger partial charge in [0, 0.05) is 19.0 Å². The van der Waals surface area contributed by atoms with Crippen molar-refractivity contribution in [3.63, 3.8) is 0 Å². The van der Waals surface area contributed by atoms with Gasteiger partial charge in [0.25, 0.3) is 0 Å². The maximum Gasteiger partial charge on any atom is 0.303 e. The zero-order valence-electron chi connectivity index (χ0n) is 12.7. The molecular weight excluding hydrogens is 268 g/mol. The minimum atomic E-state index is -0.847. The predicted molar refractivity (Wildman–Crippen MR) is 81.8 cm³/mol. The van der Waals surface area contributed by atoms with E-state index in [0.29, 0.717) is 19.4 Å². The quantitative estimate of drug-likeness (QED) is 0.763.